The summed E-state index contributed by atoms with van der Waals surface area (Å²) in [6.07, 6.45) is 3.50. The van der Waals surface area contributed by atoms with Crippen LogP contribution in [0.4, 0.5) is 0 Å². The van der Waals surface area contributed by atoms with Crippen molar-refractivity contribution in [1.29, 1.82) is 0 Å². The Hall–Kier alpha value is -1.50. The molecule has 0 radical (unpaired) electrons. The predicted octanol–water partition coefficient (Wildman–Crippen LogP) is 2.99. The average molecular weight is 249 g/mol. The number of aromatic nitrogens is 2. The first-order chi connectivity index (χ1) is 8.31. The minimum absolute atomic E-state index is 0.665. The van der Waals surface area contributed by atoms with E-state index in [9.17, 15) is 0 Å². The van der Waals surface area contributed by atoms with Crippen LogP contribution in [-0.2, 0) is 4.74 Å². The van der Waals surface area contributed by atoms with Gasteiger partial charge in [0.1, 0.15) is 0 Å². The van der Waals surface area contributed by atoms with E-state index in [0.29, 0.717) is 5.02 Å². The number of H-pyrrole nitrogens is 1. The molecule has 0 saturated heterocycles. The summed E-state index contributed by atoms with van der Waals surface area (Å²) in [5.41, 5.74) is 1.79. The summed E-state index contributed by atoms with van der Waals surface area (Å²) in [6, 6.07) is 3.80. The molecule has 2 rings (SSSR count). The van der Waals surface area contributed by atoms with Gasteiger partial charge in [-0.05, 0) is 18.6 Å². The molecule has 1 N–H and O–H groups in total. The van der Waals surface area contributed by atoms with Gasteiger partial charge in [-0.2, -0.15) is 5.10 Å². The van der Waals surface area contributed by atoms with E-state index >= 15 is 0 Å². The molecule has 0 bridgehead atoms. The van der Waals surface area contributed by atoms with Crippen LogP contribution in [0, 0.1) is 11.8 Å². The van der Waals surface area contributed by atoms with Crippen LogP contribution < -0.4 is 0 Å². The van der Waals surface area contributed by atoms with Gasteiger partial charge in [-0.3, -0.25) is 5.10 Å². The van der Waals surface area contributed by atoms with Crippen molar-refractivity contribution in [2.75, 3.05) is 13.7 Å². The molecule has 0 saturated carbocycles. The van der Waals surface area contributed by atoms with Crippen LogP contribution in [0.5, 0.6) is 0 Å². The molecule has 88 valence electrons. The SMILES string of the molecule is COCCCC#Cc1cc2[nH]ncc2cc1Cl. The van der Waals surface area contributed by atoms with Gasteiger partial charge in [-0.15, -0.1) is 0 Å². The van der Waals surface area contributed by atoms with Crippen LogP contribution in [0.2, 0.25) is 5.02 Å². The first kappa shape index (κ1) is 12.0. The maximum absolute atomic E-state index is 6.13. The highest BCUT2D eigenvalue weighted by Gasteiger charge is 2.01. The molecule has 0 spiro atoms. The zero-order chi connectivity index (χ0) is 12.1. The van der Waals surface area contributed by atoms with Crippen molar-refractivity contribution in [3.8, 4) is 11.8 Å². The Morgan fingerprint density at radius 3 is 3.18 bits per heavy atom. The summed E-state index contributed by atoms with van der Waals surface area (Å²) in [6.45, 7) is 0.738. The quantitative estimate of drug-likeness (QED) is 0.670. The van der Waals surface area contributed by atoms with Crippen LogP contribution in [0.1, 0.15) is 18.4 Å². The summed E-state index contributed by atoms with van der Waals surface area (Å²) < 4.78 is 4.96. The maximum Gasteiger partial charge on any atom is 0.0663 e. The van der Waals surface area contributed by atoms with Crippen molar-refractivity contribution in [3.05, 3.63) is 28.9 Å². The van der Waals surface area contributed by atoms with Gasteiger partial charge in [0.05, 0.1) is 16.7 Å². The highest BCUT2D eigenvalue weighted by Crippen LogP contribution is 2.21. The molecule has 0 aliphatic heterocycles. The summed E-state index contributed by atoms with van der Waals surface area (Å²) in [5.74, 6) is 6.15. The van der Waals surface area contributed by atoms with E-state index in [4.69, 9.17) is 16.3 Å². The van der Waals surface area contributed by atoms with Gasteiger partial charge in [-0.25, -0.2) is 0 Å². The van der Waals surface area contributed by atoms with Crippen LogP contribution in [-0.4, -0.2) is 23.9 Å². The fourth-order valence-corrected chi connectivity index (χ4v) is 1.74. The number of unbranched alkanes of at least 4 members (excludes halogenated alkanes) is 1. The molecule has 2 aromatic rings. The van der Waals surface area contributed by atoms with Crippen molar-refractivity contribution < 1.29 is 4.74 Å². The molecule has 0 fully saturated rings. The Kier molecular flexibility index (Phi) is 4.03. The maximum atomic E-state index is 6.13. The van der Waals surface area contributed by atoms with Gasteiger partial charge < -0.3 is 4.74 Å². The molecule has 4 heteroatoms. The Morgan fingerprint density at radius 2 is 2.35 bits per heavy atom. The van der Waals surface area contributed by atoms with Crippen molar-refractivity contribution in [2.45, 2.75) is 12.8 Å². The van der Waals surface area contributed by atoms with E-state index in [2.05, 4.69) is 22.0 Å². The van der Waals surface area contributed by atoms with E-state index in [1.807, 2.05) is 12.1 Å². The van der Waals surface area contributed by atoms with E-state index in [1.54, 1.807) is 13.3 Å². The lowest BCUT2D eigenvalue weighted by atomic mass is 10.1. The number of aromatic amines is 1. The fraction of sp³-hybridized carbons (Fsp3) is 0.308. The molecule has 17 heavy (non-hydrogen) atoms. The second kappa shape index (κ2) is 5.72. The number of fused-ring (bicyclic) bond motifs is 1. The molecular weight excluding hydrogens is 236 g/mol. The molecule has 0 aliphatic rings. The lowest BCUT2D eigenvalue weighted by Crippen LogP contribution is -1.86. The summed E-state index contributed by atoms with van der Waals surface area (Å²) in [4.78, 5) is 0. The number of hydrogen-bond acceptors (Lipinski definition) is 2. The van der Waals surface area contributed by atoms with Crippen LogP contribution in [0.25, 0.3) is 10.9 Å². The highest BCUT2D eigenvalue weighted by atomic mass is 35.5. The lowest BCUT2D eigenvalue weighted by Gasteiger charge is -1.96. The number of methoxy groups -OCH3 is 1. The van der Waals surface area contributed by atoms with Crippen molar-refractivity contribution in [2.24, 2.45) is 0 Å². The third-order valence-corrected chi connectivity index (χ3v) is 2.71. The molecule has 1 heterocycles. The number of ether oxygens (including phenoxy) is 1. The van der Waals surface area contributed by atoms with Crippen molar-refractivity contribution in [1.82, 2.24) is 10.2 Å². The number of benzene rings is 1. The van der Waals surface area contributed by atoms with E-state index < -0.39 is 0 Å². The molecule has 0 aliphatic carbocycles. The lowest BCUT2D eigenvalue weighted by molar-refractivity contribution is 0.196. The normalized spacial score (nSPS) is 10.2. The van der Waals surface area contributed by atoms with Crippen LogP contribution in [0.3, 0.4) is 0 Å². The average Bonchev–Trinajstić information content (AvgIpc) is 2.76. The number of nitrogens with zero attached hydrogens (tertiary/aromatic N) is 1. The standard InChI is InChI=1S/C13H13ClN2O/c1-17-6-4-2-3-5-10-8-13-11(7-12(10)14)9-15-16-13/h7-9H,2,4,6H2,1H3,(H,15,16). The fourth-order valence-electron chi connectivity index (χ4n) is 1.52. The summed E-state index contributed by atoms with van der Waals surface area (Å²) in [7, 11) is 1.69. The third kappa shape index (κ3) is 3.00. The number of hydrogen-bond donors (Lipinski definition) is 1. The topological polar surface area (TPSA) is 37.9 Å². The Morgan fingerprint density at radius 1 is 1.47 bits per heavy atom. The van der Waals surface area contributed by atoms with Gasteiger partial charge in [0.25, 0.3) is 0 Å². The number of nitrogens with one attached hydrogen (secondary N) is 1. The van der Waals surface area contributed by atoms with Gasteiger partial charge in [0, 0.05) is 31.1 Å². The van der Waals surface area contributed by atoms with Gasteiger partial charge >= 0.3 is 0 Å². The number of halogens is 1. The van der Waals surface area contributed by atoms with Gasteiger partial charge in [0.2, 0.25) is 0 Å². The van der Waals surface area contributed by atoms with Gasteiger partial charge in [0.15, 0.2) is 0 Å². The number of rotatable bonds is 3. The second-order valence-electron chi connectivity index (χ2n) is 3.69. The third-order valence-electron chi connectivity index (χ3n) is 2.40. The van der Waals surface area contributed by atoms with Crippen molar-refractivity contribution >= 4 is 22.5 Å². The first-order valence-corrected chi connectivity index (χ1v) is 5.79. The molecule has 3 nitrogen and oxygen atoms in total. The monoisotopic (exact) mass is 248 g/mol. The zero-order valence-electron chi connectivity index (χ0n) is 9.59. The second-order valence-corrected chi connectivity index (χ2v) is 4.09. The summed E-state index contributed by atoms with van der Waals surface area (Å²) in [5, 5.41) is 8.52. The van der Waals surface area contributed by atoms with Crippen LogP contribution >= 0.6 is 11.6 Å². The zero-order valence-corrected chi connectivity index (χ0v) is 10.3. The van der Waals surface area contributed by atoms with E-state index in [-0.39, 0.29) is 0 Å². The predicted molar refractivity (Wildman–Crippen MR) is 69.1 cm³/mol. The molecule has 0 unspecified atom stereocenters. The van der Waals surface area contributed by atoms with E-state index in [0.717, 1.165) is 35.9 Å². The van der Waals surface area contributed by atoms with Crippen LogP contribution in [0.15, 0.2) is 18.3 Å². The largest absolute Gasteiger partial charge is 0.385 e. The molecule has 1 aromatic carbocycles. The minimum Gasteiger partial charge on any atom is -0.385 e. The highest BCUT2D eigenvalue weighted by molar-refractivity contribution is 6.32. The summed E-state index contributed by atoms with van der Waals surface area (Å²) >= 11 is 6.13. The Labute approximate surface area is 105 Å². The Balaban J connectivity index is 2.14. The minimum atomic E-state index is 0.665. The molecular formula is C13H13ClN2O. The smallest absolute Gasteiger partial charge is 0.0663 e. The van der Waals surface area contributed by atoms with Crippen molar-refractivity contribution in [3.63, 3.8) is 0 Å². The van der Waals surface area contributed by atoms with E-state index in [1.165, 1.54) is 0 Å². The molecule has 0 atom stereocenters. The Bertz CT molecular complexity index is 566. The van der Waals surface area contributed by atoms with Gasteiger partial charge in [-0.1, -0.05) is 23.4 Å². The first-order valence-electron chi connectivity index (χ1n) is 5.41. The molecule has 1 aromatic heterocycles. The molecule has 0 amide bonds.